The van der Waals surface area contributed by atoms with Gasteiger partial charge in [0.1, 0.15) is 11.9 Å². The van der Waals surface area contributed by atoms with Crippen molar-refractivity contribution >= 4 is 28.9 Å². The summed E-state index contributed by atoms with van der Waals surface area (Å²) in [6, 6.07) is 16.7. The van der Waals surface area contributed by atoms with Crippen LogP contribution in [-0.4, -0.2) is 18.0 Å². The molecule has 3 aromatic rings. The monoisotopic (exact) mass is 365 g/mol. The molecule has 2 heterocycles. The zero-order valence-electron chi connectivity index (χ0n) is 14.0. The summed E-state index contributed by atoms with van der Waals surface area (Å²) in [5.41, 5.74) is 3.10. The first-order chi connectivity index (χ1) is 12.7. The minimum absolute atomic E-state index is 0.0642. The number of fused-ring (bicyclic) bond motifs is 1. The lowest BCUT2D eigenvalue weighted by molar-refractivity contribution is 0.0993. The fourth-order valence-corrected chi connectivity index (χ4v) is 3.39. The lowest BCUT2D eigenvalue weighted by Crippen LogP contribution is -2.32. The first-order valence-electron chi connectivity index (χ1n) is 8.11. The number of aromatic nitrogens is 1. The predicted octanol–water partition coefficient (Wildman–Crippen LogP) is 4.51. The summed E-state index contributed by atoms with van der Waals surface area (Å²) in [6.45, 7) is 0. The molecule has 0 fully saturated rings. The largest absolute Gasteiger partial charge is 0.495 e. The van der Waals surface area contributed by atoms with Crippen LogP contribution in [0.25, 0.3) is 0 Å². The Balaban J connectivity index is 1.75. The number of nitrogens with zero attached hydrogens (tertiary/aromatic N) is 2. The zero-order valence-corrected chi connectivity index (χ0v) is 14.8. The van der Waals surface area contributed by atoms with Gasteiger partial charge in [0, 0.05) is 23.0 Å². The van der Waals surface area contributed by atoms with Crippen molar-refractivity contribution in [3.8, 4) is 5.75 Å². The van der Waals surface area contributed by atoms with Crippen LogP contribution in [0.4, 0.5) is 11.4 Å². The van der Waals surface area contributed by atoms with Crippen molar-refractivity contribution in [1.82, 2.24) is 4.98 Å². The van der Waals surface area contributed by atoms with Crippen molar-refractivity contribution in [2.75, 3.05) is 17.3 Å². The Morgan fingerprint density at radius 2 is 2.00 bits per heavy atom. The Morgan fingerprint density at radius 1 is 1.15 bits per heavy atom. The summed E-state index contributed by atoms with van der Waals surface area (Å²) in [6.07, 6.45) is 3.01. The number of anilines is 2. The lowest BCUT2D eigenvalue weighted by atomic mass is 10.1. The van der Waals surface area contributed by atoms with Crippen molar-refractivity contribution in [2.24, 2.45) is 0 Å². The van der Waals surface area contributed by atoms with Gasteiger partial charge in [0.05, 0.1) is 24.0 Å². The van der Waals surface area contributed by atoms with E-state index < -0.39 is 0 Å². The Hall–Kier alpha value is -3.05. The van der Waals surface area contributed by atoms with Gasteiger partial charge in [-0.1, -0.05) is 29.8 Å². The molecule has 0 saturated carbocycles. The molecular weight excluding hydrogens is 350 g/mol. The average molecular weight is 366 g/mol. The van der Waals surface area contributed by atoms with Crippen molar-refractivity contribution in [1.29, 1.82) is 0 Å². The Kier molecular flexibility index (Phi) is 4.22. The highest BCUT2D eigenvalue weighted by atomic mass is 35.5. The molecular formula is C20H16ClN3O2. The highest BCUT2D eigenvalue weighted by molar-refractivity contribution is 6.32. The number of halogens is 1. The van der Waals surface area contributed by atoms with Crippen LogP contribution >= 0.6 is 11.6 Å². The van der Waals surface area contributed by atoms with Crippen LogP contribution in [-0.2, 0) is 0 Å². The molecule has 0 saturated heterocycles. The second-order valence-corrected chi connectivity index (χ2v) is 6.28. The number of carbonyl (C=O) groups is 1. The van der Waals surface area contributed by atoms with Gasteiger partial charge in [0.2, 0.25) is 0 Å². The number of hydrogen-bond donors (Lipinski definition) is 1. The van der Waals surface area contributed by atoms with Gasteiger partial charge in [-0.15, -0.1) is 0 Å². The normalized spacial score (nSPS) is 15.7. The van der Waals surface area contributed by atoms with Gasteiger partial charge < -0.3 is 10.1 Å². The van der Waals surface area contributed by atoms with E-state index in [4.69, 9.17) is 16.3 Å². The van der Waals surface area contributed by atoms with Crippen LogP contribution in [0.5, 0.6) is 5.75 Å². The standard InChI is InChI=1S/C20H16ClN3O2/c1-26-18-9-8-13(11-17(18)21)23-19-15-6-2-3-7-16(15)20(25)24(19)14-5-4-10-22-12-14/h2-12,19,23H,1H3/t19-/m1/s1. The summed E-state index contributed by atoms with van der Waals surface area (Å²) in [5.74, 6) is 0.537. The third kappa shape index (κ3) is 2.76. The molecule has 1 aromatic heterocycles. The molecule has 1 aliphatic rings. The number of ether oxygens (including phenoxy) is 1. The number of amides is 1. The fraction of sp³-hybridized carbons (Fsp3) is 0.100. The van der Waals surface area contributed by atoms with Crippen molar-refractivity contribution in [2.45, 2.75) is 6.17 Å². The summed E-state index contributed by atoms with van der Waals surface area (Å²) in [4.78, 5) is 18.8. The van der Waals surface area contributed by atoms with Crippen LogP contribution < -0.4 is 15.0 Å². The molecule has 1 amide bonds. The molecule has 0 bridgehead atoms. The van der Waals surface area contributed by atoms with Gasteiger partial charge in [-0.2, -0.15) is 0 Å². The van der Waals surface area contributed by atoms with Gasteiger partial charge in [0.15, 0.2) is 0 Å². The highest BCUT2D eigenvalue weighted by Gasteiger charge is 2.37. The molecule has 130 valence electrons. The smallest absolute Gasteiger partial charge is 0.260 e. The third-order valence-corrected chi connectivity index (χ3v) is 4.64. The summed E-state index contributed by atoms with van der Waals surface area (Å²) in [5, 5.41) is 3.91. The molecule has 1 aliphatic heterocycles. The minimum atomic E-state index is -0.354. The Morgan fingerprint density at radius 3 is 2.73 bits per heavy atom. The van der Waals surface area contributed by atoms with Gasteiger partial charge in [-0.25, -0.2) is 0 Å². The van der Waals surface area contributed by atoms with Crippen LogP contribution in [0.1, 0.15) is 22.1 Å². The van der Waals surface area contributed by atoms with E-state index in [-0.39, 0.29) is 12.1 Å². The predicted molar refractivity (Wildman–Crippen MR) is 102 cm³/mol. The first-order valence-corrected chi connectivity index (χ1v) is 8.49. The second kappa shape index (κ2) is 6.69. The van der Waals surface area contributed by atoms with Crippen molar-refractivity contribution in [3.63, 3.8) is 0 Å². The molecule has 0 spiro atoms. The lowest BCUT2D eigenvalue weighted by Gasteiger charge is -2.27. The van der Waals surface area contributed by atoms with E-state index >= 15 is 0 Å². The van der Waals surface area contributed by atoms with Gasteiger partial charge in [0.25, 0.3) is 5.91 Å². The molecule has 6 heteroatoms. The maximum atomic E-state index is 13.0. The molecule has 0 aliphatic carbocycles. The Bertz CT molecular complexity index is 962. The molecule has 1 N–H and O–H groups in total. The van der Waals surface area contributed by atoms with Crippen LogP contribution in [0, 0.1) is 0 Å². The summed E-state index contributed by atoms with van der Waals surface area (Å²) < 4.78 is 5.20. The van der Waals surface area contributed by atoms with Crippen molar-refractivity contribution in [3.05, 3.63) is 83.1 Å². The number of pyridine rings is 1. The van der Waals surface area contributed by atoms with E-state index in [0.717, 1.165) is 16.9 Å². The highest BCUT2D eigenvalue weighted by Crippen LogP contribution is 2.38. The van der Waals surface area contributed by atoms with Crippen LogP contribution in [0.3, 0.4) is 0 Å². The summed E-state index contributed by atoms with van der Waals surface area (Å²) in [7, 11) is 1.57. The average Bonchev–Trinajstić information content (AvgIpc) is 2.95. The van der Waals surface area contributed by atoms with E-state index in [1.165, 1.54) is 0 Å². The van der Waals surface area contributed by atoms with Gasteiger partial charge in [-0.05, 0) is 36.4 Å². The van der Waals surface area contributed by atoms with Crippen LogP contribution in [0.15, 0.2) is 67.0 Å². The number of benzene rings is 2. The number of methoxy groups -OCH3 is 1. The number of hydrogen-bond acceptors (Lipinski definition) is 4. The SMILES string of the molecule is COc1ccc(N[C@H]2c3ccccc3C(=O)N2c2cccnc2)cc1Cl. The van der Waals surface area contributed by atoms with Crippen molar-refractivity contribution < 1.29 is 9.53 Å². The fourth-order valence-electron chi connectivity index (χ4n) is 3.14. The maximum absolute atomic E-state index is 13.0. The number of nitrogens with one attached hydrogen (secondary N) is 1. The van der Waals surface area contributed by atoms with Gasteiger partial charge >= 0.3 is 0 Å². The van der Waals surface area contributed by atoms with E-state index in [1.807, 2.05) is 42.5 Å². The molecule has 2 aromatic carbocycles. The molecule has 1 atom stereocenters. The summed E-state index contributed by atoms with van der Waals surface area (Å²) >= 11 is 6.24. The Labute approximate surface area is 156 Å². The van der Waals surface area contributed by atoms with E-state index in [9.17, 15) is 4.79 Å². The number of carbonyl (C=O) groups excluding carboxylic acids is 1. The van der Waals surface area contributed by atoms with E-state index in [1.54, 1.807) is 36.5 Å². The topological polar surface area (TPSA) is 54.5 Å². The van der Waals surface area contributed by atoms with Gasteiger partial charge in [-0.3, -0.25) is 14.7 Å². The molecule has 5 nitrogen and oxygen atoms in total. The van der Waals surface area contributed by atoms with Crippen LogP contribution in [0.2, 0.25) is 5.02 Å². The number of rotatable bonds is 4. The maximum Gasteiger partial charge on any atom is 0.260 e. The molecule has 0 radical (unpaired) electrons. The third-order valence-electron chi connectivity index (χ3n) is 4.34. The minimum Gasteiger partial charge on any atom is -0.495 e. The second-order valence-electron chi connectivity index (χ2n) is 5.87. The first kappa shape index (κ1) is 16.4. The molecule has 4 rings (SSSR count). The van der Waals surface area contributed by atoms with E-state index in [0.29, 0.717) is 16.3 Å². The molecule has 0 unspecified atom stereocenters. The zero-order chi connectivity index (χ0) is 18.1. The van der Waals surface area contributed by atoms with E-state index in [2.05, 4.69) is 10.3 Å². The quantitative estimate of drug-likeness (QED) is 0.738. The molecule has 26 heavy (non-hydrogen) atoms.